The smallest absolute Gasteiger partial charge is 0.225 e. The molecule has 3 heterocycles. The fourth-order valence-corrected chi connectivity index (χ4v) is 5.00. The van der Waals surface area contributed by atoms with Gasteiger partial charge in [-0.25, -0.2) is 4.98 Å². The van der Waals surface area contributed by atoms with Crippen LogP contribution in [0.3, 0.4) is 0 Å². The molecule has 1 amide bonds. The number of imidazole rings is 1. The molecule has 5 rings (SSSR count). The summed E-state index contributed by atoms with van der Waals surface area (Å²) in [5.74, 6) is 1.58. The molecule has 2 aliphatic rings. The van der Waals surface area contributed by atoms with Crippen LogP contribution in [0.15, 0.2) is 48.5 Å². The van der Waals surface area contributed by atoms with Crippen molar-refractivity contribution >= 4 is 22.6 Å². The Morgan fingerprint density at radius 1 is 0.933 bits per heavy atom. The summed E-state index contributed by atoms with van der Waals surface area (Å²) in [7, 11) is 2.08. The SMILES string of the molecule is Cn1c(-c2cccc(N3CCC(C(=O)N4CCCCC4)CC3)c2)nc2ccccc21. The van der Waals surface area contributed by atoms with Gasteiger partial charge in [-0.15, -0.1) is 0 Å². The van der Waals surface area contributed by atoms with Gasteiger partial charge in [0.05, 0.1) is 11.0 Å². The molecule has 0 spiro atoms. The van der Waals surface area contributed by atoms with Crippen molar-refractivity contribution in [1.82, 2.24) is 14.5 Å². The minimum atomic E-state index is 0.197. The maximum Gasteiger partial charge on any atom is 0.225 e. The Morgan fingerprint density at radius 3 is 2.47 bits per heavy atom. The largest absolute Gasteiger partial charge is 0.371 e. The van der Waals surface area contributed by atoms with Crippen molar-refractivity contribution < 1.29 is 4.79 Å². The Hall–Kier alpha value is -2.82. The second-order valence-electron chi connectivity index (χ2n) is 8.68. The third-order valence-corrected chi connectivity index (χ3v) is 6.77. The van der Waals surface area contributed by atoms with Crippen LogP contribution in [-0.2, 0) is 11.8 Å². The van der Waals surface area contributed by atoms with Crippen LogP contribution in [0.1, 0.15) is 32.1 Å². The number of benzene rings is 2. The number of para-hydroxylation sites is 2. The molecule has 0 radical (unpaired) electrons. The Balaban J connectivity index is 1.30. The summed E-state index contributed by atoms with van der Waals surface area (Å²) in [6.45, 7) is 3.80. The Kier molecular flexibility index (Phi) is 5.19. The second-order valence-corrected chi connectivity index (χ2v) is 8.68. The maximum atomic E-state index is 12.9. The highest BCUT2D eigenvalue weighted by Gasteiger charge is 2.29. The standard InChI is InChI=1S/C25H30N4O/c1-27-23-11-4-3-10-22(23)26-24(27)20-8-7-9-21(18-20)28-16-12-19(13-17-28)25(30)29-14-5-2-6-15-29/h3-4,7-11,18-19H,2,5-6,12-17H2,1H3. The first-order valence-corrected chi connectivity index (χ1v) is 11.3. The lowest BCUT2D eigenvalue weighted by molar-refractivity contribution is -0.137. The highest BCUT2D eigenvalue weighted by atomic mass is 16.2. The molecule has 0 N–H and O–H groups in total. The summed E-state index contributed by atoms with van der Waals surface area (Å²) in [5.41, 5.74) is 4.54. The molecular formula is C25H30N4O. The van der Waals surface area contributed by atoms with Gasteiger partial charge in [0, 0.05) is 50.4 Å². The fourth-order valence-electron chi connectivity index (χ4n) is 5.00. The van der Waals surface area contributed by atoms with E-state index in [4.69, 9.17) is 4.98 Å². The van der Waals surface area contributed by atoms with Crippen molar-refractivity contribution in [2.24, 2.45) is 13.0 Å². The molecule has 0 atom stereocenters. The number of fused-ring (bicyclic) bond motifs is 1. The molecular weight excluding hydrogens is 372 g/mol. The number of anilines is 1. The fraction of sp³-hybridized carbons (Fsp3) is 0.440. The molecule has 5 heteroatoms. The lowest BCUT2D eigenvalue weighted by Gasteiger charge is -2.36. The molecule has 3 aromatic rings. The molecule has 156 valence electrons. The number of hydrogen-bond acceptors (Lipinski definition) is 3. The first kappa shape index (κ1) is 19.2. The van der Waals surface area contributed by atoms with Gasteiger partial charge in [0.1, 0.15) is 5.82 Å². The first-order valence-electron chi connectivity index (χ1n) is 11.3. The van der Waals surface area contributed by atoms with Gasteiger partial charge in [0.15, 0.2) is 0 Å². The number of aromatic nitrogens is 2. The number of carbonyl (C=O) groups is 1. The summed E-state index contributed by atoms with van der Waals surface area (Å²) in [5, 5.41) is 0. The van der Waals surface area contributed by atoms with Gasteiger partial charge in [-0.2, -0.15) is 0 Å². The van der Waals surface area contributed by atoms with E-state index < -0.39 is 0 Å². The highest BCUT2D eigenvalue weighted by molar-refractivity contribution is 5.81. The van der Waals surface area contributed by atoms with Crippen LogP contribution in [0.2, 0.25) is 0 Å². The number of amides is 1. The van der Waals surface area contributed by atoms with Crippen LogP contribution in [0.5, 0.6) is 0 Å². The van der Waals surface area contributed by atoms with Crippen molar-refractivity contribution in [2.45, 2.75) is 32.1 Å². The topological polar surface area (TPSA) is 41.4 Å². The maximum absolute atomic E-state index is 12.9. The van der Waals surface area contributed by atoms with E-state index in [1.165, 1.54) is 24.9 Å². The summed E-state index contributed by atoms with van der Waals surface area (Å²) >= 11 is 0. The molecule has 2 saturated heterocycles. The molecule has 30 heavy (non-hydrogen) atoms. The number of aryl methyl sites for hydroxylation is 1. The van der Waals surface area contributed by atoms with E-state index in [1.807, 2.05) is 6.07 Å². The van der Waals surface area contributed by atoms with E-state index in [1.54, 1.807) is 0 Å². The first-order chi connectivity index (χ1) is 14.7. The van der Waals surface area contributed by atoms with E-state index in [0.717, 1.165) is 61.4 Å². The number of piperidine rings is 2. The minimum Gasteiger partial charge on any atom is -0.371 e. The summed E-state index contributed by atoms with van der Waals surface area (Å²) in [6, 6.07) is 16.9. The molecule has 2 aromatic carbocycles. The molecule has 0 aliphatic carbocycles. The van der Waals surface area contributed by atoms with Gasteiger partial charge < -0.3 is 14.4 Å². The Bertz CT molecular complexity index is 1040. The van der Waals surface area contributed by atoms with E-state index >= 15 is 0 Å². The van der Waals surface area contributed by atoms with Gasteiger partial charge >= 0.3 is 0 Å². The minimum absolute atomic E-state index is 0.197. The zero-order valence-corrected chi connectivity index (χ0v) is 17.8. The van der Waals surface area contributed by atoms with Crippen LogP contribution in [0, 0.1) is 5.92 Å². The molecule has 5 nitrogen and oxygen atoms in total. The number of likely N-dealkylation sites (tertiary alicyclic amines) is 1. The molecule has 2 fully saturated rings. The van der Waals surface area contributed by atoms with Crippen molar-refractivity contribution in [3.63, 3.8) is 0 Å². The molecule has 0 unspecified atom stereocenters. The molecule has 0 saturated carbocycles. The van der Waals surface area contributed by atoms with Crippen LogP contribution in [0.4, 0.5) is 5.69 Å². The zero-order valence-electron chi connectivity index (χ0n) is 17.8. The average Bonchev–Trinajstić information content (AvgIpc) is 3.16. The van der Waals surface area contributed by atoms with Crippen LogP contribution in [-0.4, -0.2) is 46.5 Å². The monoisotopic (exact) mass is 402 g/mol. The van der Waals surface area contributed by atoms with Crippen LogP contribution in [0.25, 0.3) is 22.4 Å². The quantitative estimate of drug-likeness (QED) is 0.649. The average molecular weight is 403 g/mol. The van der Waals surface area contributed by atoms with Gasteiger partial charge in [-0.05, 0) is 56.4 Å². The lowest BCUT2D eigenvalue weighted by Crippen LogP contribution is -2.44. The van der Waals surface area contributed by atoms with Gasteiger partial charge in [-0.3, -0.25) is 4.79 Å². The predicted octanol–water partition coefficient (Wildman–Crippen LogP) is 4.47. The summed E-state index contributed by atoms with van der Waals surface area (Å²) in [6.07, 6.45) is 5.50. The molecule has 2 aliphatic heterocycles. The molecule has 1 aromatic heterocycles. The van der Waals surface area contributed by atoms with Crippen molar-refractivity contribution in [1.29, 1.82) is 0 Å². The number of nitrogens with zero attached hydrogens (tertiary/aromatic N) is 4. The molecule has 0 bridgehead atoms. The van der Waals surface area contributed by atoms with Crippen LogP contribution >= 0.6 is 0 Å². The van der Waals surface area contributed by atoms with E-state index in [2.05, 4.69) is 63.9 Å². The third kappa shape index (κ3) is 3.57. The second kappa shape index (κ2) is 8.13. The highest BCUT2D eigenvalue weighted by Crippen LogP contribution is 2.30. The Morgan fingerprint density at radius 2 is 1.70 bits per heavy atom. The van der Waals surface area contributed by atoms with Gasteiger partial charge in [-0.1, -0.05) is 24.3 Å². The lowest BCUT2D eigenvalue weighted by atomic mass is 9.94. The Labute approximate surface area is 178 Å². The summed E-state index contributed by atoms with van der Waals surface area (Å²) < 4.78 is 2.16. The number of carbonyl (C=O) groups excluding carboxylic acids is 1. The zero-order chi connectivity index (χ0) is 20.5. The number of rotatable bonds is 3. The predicted molar refractivity (Wildman–Crippen MR) is 122 cm³/mol. The van der Waals surface area contributed by atoms with Crippen molar-refractivity contribution in [3.8, 4) is 11.4 Å². The summed E-state index contributed by atoms with van der Waals surface area (Å²) in [4.78, 5) is 22.2. The number of hydrogen-bond donors (Lipinski definition) is 0. The van der Waals surface area contributed by atoms with E-state index in [-0.39, 0.29) is 5.92 Å². The third-order valence-electron chi connectivity index (χ3n) is 6.77. The van der Waals surface area contributed by atoms with Gasteiger partial charge in [0.2, 0.25) is 5.91 Å². The van der Waals surface area contributed by atoms with E-state index in [9.17, 15) is 4.79 Å². The normalized spacial score (nSPS) is 18.2. The van der Waals surface area contributed by atoms with Crippen molar-refractivity contribution in [3.05, 3.63) is 48.5 Å². The van der Waals surface area contributed by atoms with E-state index in [0.29, 0.717) is 5.91 Å². The van der Waals surface area contributed by atoms with Crippen molar-refractivity contribution in [2.75, 3.05) is 31.1 Å². The van der Waals surface area contributed by atoms with Gasteiger partial charge in [0.25, 0.3) is 0 Å². The van der Waals surface area contributed by atoms with Crippen LogP contribution < -0.4 is 4.90 Å².